The summed E-state index contributed by atoms with van der Waals surface area (Å²) in [7, 11) is 0. The zero-order valence-corrected chi connectivity index (χ0v) is 11.4. The van der Waals surface area contributed by atoms with Gasteiger partial charge in [0.05, 0.1) is 24.8 Å². The molecule has 2 heterocycles. The van der Waals surface area contributed by atoms with Gasteiger partial charge in [-0.15, -0.1) is 0 Å². The number of para-hydroxylation sites is 1. The van der Waals surface area contributed by atoms with Crippen molar-refractivity contribution in [2.45, 2.75) is 13.0 Å². The van der Waals surface area contributed by atoms with Crippen LogP contribution in [0, 0.1) is 0 Å². The van der Waals surface area contributed by atoms with Crippen LogP contribution in [0.2, 0.25) is 0 Å². The first-order valence-corrected chi connectivity index (χ1v) is 6.71. The van der Waals surface area contributed by atoms with Crippen molar-refractivity contribution in [3.05, 3.63) is 36.0 Å². The van der Waals surface area contributed by atoms with Gasteiger partial charge in [-0.25, -0.2) is 4.98 Å². The Labute approximate surface area is 117 Å². The molecule has 5 nitrogen and oxygen atoms in total. The fourth-order valence-electron chi connectivity index (χ4n) is 2.49. The van der Waals surface area contributed by atoms with Gasteiger partial charge in [0.1, 0.15) is 5.69 Å². The molecule has 1 aliphatic heterocycles. The van der Waals surface area contributed by atoms with Crippen LogP contribution >= 0.6 is 0 Å². The summed E-state index contributed by atoms with van der Waals surface area (Å²) in [6, 6.07) is 9.29. The van der Waals surface area contributed by atoms with Crippen molar-refractivity contribution in [2.24, 2.45) is 0 Å². The third-order valence-electron chi connectivity index (χ3n) is 3.60. The van der Waals surface area contributed by atoms with Crippen LogP contribution in [0.3, 0.4) is 0 Å². The highest BCUT2D eigenvalue weighted by atomic mass is 16.5. The molecular formula is C15H17N3O2. The van der Waals surface area contributed by atoms with E-state index in [1.54, 1.807) is 11.0 Å². The van der Waals surface area contributed by atoms with Crippen LogP contribution < -0.4 is 5.73 Å². The lowest BCUT2D eigenvalue weighted by Crippen LogP contribution is -2.47. The Bertz CT molecular complexity index is 657. The number of morpholine rings is 1. The molecule has 20 heavy (non-hydrogen) atoms. The van der Waals surface area contributed by atoms with E-state index >= 15 is 0 Å². The molecule has 5 heteroatoms. The number of amides is 1. The van der Waals surface area contributed by atoms with Gasteiger partial charge in [-0.3, -0.25) is 4.79 Å². The molecule has 2 N–H and O–H groups in total. The summed E-state index contributed by atoms with van der Waals surface area (Å²) in [5, 5.41) is 0.874. The highest BCUT2D eigenvalue weighted by Gasteiger charge is 2.26. The number of rotatable bonds is 1. The highest BCUT2D eigenvalue weighted by Crippen LogP contribution is 2.21. The molecule has 0 aliphatic carbocycles. The standard InChI is InChI=1S/C15H17N3O2/c1-10-9-20-7-6-18(10)15(19)14-8-12(16)11-4-2-3-5-13(11)17-14/h2-5,8,10H,6-7,9H2,1H3,(H2,16,17)/t10-/m1/s1. The van der Waals surface area contributed by atoms with Gasteiger partial charge in [0.25, 0.3) is 5.91 Å². The maximum Gasteiger partial charge on any atom is 0.272 e. The van der Waals surface area contributed by atoms with Crippen LogP contribution in [-0.4, -0.2) is 41.6 Å². The van der Waals surface area contributed by atoms with E-state index in [4.69, 9.17) is 10.5 Å². The molecule has 1 atom stereocenters. The molecule has 1 aliphatic rings. The van der Waals surface area contributed by atoms with Crippen LogP contribution in [0.15, 0.2) is 30.3 Å². The summed E-state index contributed by atoms with van der Waals surface area (Å²) >= 11 is 0. The summed E-state index contributed by atoms with van der Waals surface area (Å²) in [4.78, 5) is 18.8. The summed E-state index contributed by atoms with van der Waals surface area (Å²) in [5.74, 6) is -0.0850. The lowest BCUT2D eigenvalue weighted by molar-refractivity contribution is 0.00330. The Kier molecular flexibility index (Phi) is 3.28. The molecule has 0 saturated carbocycles. The first kappa shape index (κ1) is 12.9. The Hall–Kier alpha value is -2.14. The number of carbonyl (C=O) groups is 1. The number of aromatic nitrogens is 1. The third-order valence-corrected chi connectivity index (χ3v) is 3.60. The van der Waals surface area contributed by atoms with E-state index in [9.17, 15) is 4.79 Å². The van der Waals surface area contributed by atoms with Crippen molar-refractivity contribution < 1.29 is 9.53 Å². The monoisotopic (exact) mass is 271 g/mol. The van der Waals surface area contributed by atoms with Gasteiger partial charge >= 0.3 is 0 Å². The first-order chi connectivity index (χ1) is 9.66. The number of hydrogen-bond donors (Lipinski definition) is 1. The largest absolute Gasteiger partial charge is 0.398 e. The van der Waals surface area contributed by atoms with Crippen LogP contribution in [0.5, 0.6) is 0 Å². The smallest absolute Gasteiger partial charge is 0.272 e. The van der Waals surface area contributed by atoms with Gasteiger partial charge in [-0.05, 0) is 19.1 Å². The lowest BCUT2D eigenvalue weighted by atomic mass is 10.1. The Balaban J connectivity index is 1.99. The lowest BCUT2D eigenvalue weighted by Gasteiger charge is -2.33. The summed E-state index contributed by atoms with van der Waals surface area (Å²) in [5.41, 5.74) is 7.75. The normalized spacial score (nSPS) is 19.2. The molecule has 0 bridgehead atoms. The topological polar surface area (TPSA) is 68.5 Å². The SMILES string of the molecule is C[C@@H]1COCCN1C(=O)c1cc(N)c2ccccc2n1. The Morgan fingerprint density at radius 2 is 2.25 bits per heavy atom. The maximum absolute atomic E-state index is 12.6. The number of nitrogens with two attached hydrogens (primary N) is 1. The number of nitrogens with zero attached hydrogens (tertiary/aromatic N) is 2. The van der Waals surface area contributed by atoms with E-state index in [0.29, 0.717) is 31.1 Å². The Morgan fingerprint density at radius 1 is 1.45 bits per heavy atom. The van der Waals surface area contributed by atoms with Crippen molar-refractivity contribution in [1.29, 1.82) is 0 Å². The number of carbonyl (C=O) groups excluding carboxylic acids is 1. The molecule has 0 spiro atoms. The summed E-state index contributed by atoms with van der Waals surface area (Å²) in [6.45, 7) is 3.70. The van der Waals surface area contributed by atoms with Gasteiger partial charge in [-0.1, -0.05) is 18.2 Å². The molecule has 104 valence electrons. The molecular weight excluding hydrogens is 254 g/mol. The molecule has 1 aromatic carbocycles. The predicted molar refractivity (Wildman–Crippen MR) is 77.5 cm³/mol. The van der Waals surface area contributed by atoms with Crippen molar-refractivity contribution >= 4 is 22.5 Å². The van der Waals surface area contributed by atoms with Crippen molar-refractivity contribution in [2.75, 3.05) is 25.5 Å². The zero-order valence-electron chi connectivity index (χ0n) is 11.4. The molecule has 1 fully saturated rings. The molecule has 1 saturated heterocycles. The van der Waals surface area contributed by atoms with E-state index in [2.05, 4.69) is 4.98 Å². The number of fused-ring (bicyclic) bond motifs is 1. The van der Waals surface area contributed by atoms with E-state index in [1.165, 1.54) is 0 Å². The fraction of sp³-hybridized carbons (Fsp3) is 0.333. The van der Waals surface area contributed by atoms with Crippen LogP contribution in [-0.2, 0) is 4.74 Å². The van der Waals surface area contributed by atoms with E-state index < -0.39 is 0 Å². The van der Waals surface area contributed by atoms with E-state index in [-0.39, 0.29) is 11.9 Å². The minimum atomic E-state index is -0.0850. The van der Waals surface area contributed by atoms with Crippen LogP contribution in [0.1, 0.15) is 17.4 Å². The maximum atomic E-state index is 12.6. The van der Waals surface area contributed by atoms with Gasteiger partial charge in [0.2, 0.25) is 0 Å². The average molecular weight is 271 g/mol. The van der Waals surface area contributed by atoms with E-state index in [1.807, 2.05) is 31.2 Å². The molecule has 1 aromatic heterocycles. The number of nitrogen functional groups attached to an aromatic ring is 1. The van der Waals surface area contributed by atoms with E-state index in [0.717, 1.165) is 10.9 Å². The summed E-state index contributed by atoms with van der Waals surface area (Å²) in [6.07, 6.45) is 0. The van der Waals surface area contributed by atoms with Crippen molar-refractivity contribution in [3.8, 4) is 0 Å². The fourth-order valence-corrected chi connectivity index (χ4v) is 2.49. The van der Waals surface area contributed by atoms with Gasteiger partial charge < -0.3 is 15.4 Å². The number of pyridine rings is 1. The summed E-state index contributed by atoms with van der Waals surface area (Å²) < 4.78 is 5.35. The third kappa shape index (κ3) is 2.20. The predicted octanol–water partition coefficient (Wildman–Crippen LogP) is 1.68. The Morgan fingerprint density at radius 3 is 3.05 bits per heavy atom. The number of benzene rings is 1. The quantitative estimate of drug-likeness (QED) is 0.856. The number of ether oxygens (including phenoxy) is 1. The highest BCUT2D eigenvalue weighted by molar-refractivity contribution is 5.99. The average Bonchev–Trinajstić information content (AvgIpc) is 2.47. The van der Waals surface area contributed by atoms with Crippen molar-refractivity contribution in [1.82, 2.24) is 9.88 Å². The minimum absolute atomic E-state index is 0.0609. The number of anilines is 1. The zero-order chi connectivity index (χ0) is 14.1. The number of hydrogen-bond acceptors (Lipinski definition) is 4. The van der Waals surface area contributed by atoms with Gasteiger partial charge in [0, 0.05) is 17.6 Å². The molecule has 3 rings (SSSR count). The van der Waals surface area contributed by atoms with Crippen molar-refractivity contribution in [3.63, 3.8) is 0 Å². The molecule has 2 aromatic rings. The minimum Gasteiger partial charge on any atom is -0.398 e. The molecule has 0 unspecified atom stereocenters. The second-order valence-corrected chi connectivity index (χ2v) is 5.04. The second-order valence-electron chi connectivity index (χ2n) is 5.04. The molecule has 0 radical (unpaired) electrons. The van der Waals surface area contributed by atoms with Crippen LogP contribution in [0.25, 0.3) is 10.9 Å². The first-order valence-electron chi connectivity index (χ1n) is 6.71. The van der Waals surface area contributed by atoms with Gasteiger partial charge in [-0.2, -0.15) is 0 Å². The molecule has 1 amide bonds. The van der Waals surface area contributed by atoms with Crippen LogP contribution in [0.4, 0.5) is 5.69 Å². The second kappa shape index (κ2) is 5.09. The van der Waals surface area contributed by atoms with Gasteiger partial charge in [0.15, 0.2) is 0 Å².